The Hall–Kier alpha value is -0.930. The Morgan fingerprint density at radius 3 is 2.50 bits per heavy atom. The van der Waals surface area contributed by atoms with Crippen LogP contribution in [0.2, 0.25) is 0 Å². The molecule has 1 N–H and O–H groups in total. The monoisotopic (exact) mass is 145 g/mol. The van der Waals surface area contributed by atoms with Gasteiger partial charge in [-0.15, -0.1) is 0 Å². The standard InChI is InChI=1S/C6H12FN3/c1-5(2)10(7)6(3)9-4-8/h4-5,8H,1-3H3/b8-4?,9-6-. The zero-order chi connectivity index (χ0) is 8.15. The zero-order valence-corrected chi connectivity index (χ0v) is 6.43. The summed E-state index contributed by atoms with van der Waals surface area (Å²) in [7, 11) is 0. The van der Waals surface area contributed by atoms with Gasteiger partial charge in [0, 0.05) is 0 Å². The minimum atomic E-state index is -0.219. The van der Waals surface area contributed by atoms with Crippen molar-refractivity contribution in [2.24, 2.45) is 4.99 Å². The van der Waals surface area contributed by atoms with Crippen molar-refractivity contribution in [2.45, 2.75) is 26.8 Å². The fourth-order valence-electron chi connectivity index (χ4n) is 0.522. The SMILES string of the molecule is C/C(=N/C=N)N(F)C(C)C. The highest BCUT2D eigenvalue weighted by Crippen LogP contribution is 1.99. The Labute approximate surface area is 60.0 Å². The Morgan fingerprint density at radius 1 is 1.70 bits per heavy atom. The van der Waals surface area contributed by atoms with E-state index in [0.717, 1.165) is 6.34 Å². The summed E-state index contributed by atoms with van der Waals surface area (Å²) in [6.07, 6.45) is 0.824. The van der Waals surface area contributed by atoms with Crippen LogP contribution in [0.3, 0.4) is 0 Å². The van der Waals surface area contributed by atoms with E-state index >= 15 is 0 Å². The fourth-order valence-corrected chi connectivity index (χ4v) is 0.522. The molecule has 0 amide bonds. The van der Waals surface area contributed by atoms with Gasteiger partial charge >= 0.3 is 0 Å². The molecule has 10 heavy (non-hydrogen) atoms. The lowest BCUT2D eigenvalue weighted by atomic mass is 10.4. The molecule has 0 fully saturated rings. The molecular weight excluding hydrogens is 133 g/mol. The van der Waals surface area contributed by atoms with E-state index in [9.17, 15) is 4.48 Å². The average Bonchev–Trinajstić information content (AvgIpc) is 1.87. The molecule has 0 aromatic heterocycles. The minimum absolute atomic E-state index is 0.213. The summed E-state index contributed by atoms with van der Waals surface area (Å²) in [5, 5.41) is 7.08. The van der Waals surface area contributed by atoms with Gasteiger partial charge in [0.2, 0.25) is 0 Å². The third-order valence-corrected chi connectivity index (χ3v) is 1.01. The molecule has 0 spiro atoms. The summed E-state index contributed by atoms with van der Waals surface area (Å²) < 4.78 is 12.7. The van der Waals surface area contributed by atoms with Crippen LogP contribution in [0.1, 0.15) is 20.8 Å². The molecule has 0 saturated carbocycles. The van der Waals surface area contributed by atoms with Gasteiger partial charge in [0.05, 0.1) is 6.04 Å². The first kappa shape index (κ1) is 9.07. The molecule has 0 aliphatic heterocycles. The summed E-state index contributed by atoms with van der Waals surface area (Å²) in [6.45, 7) is 4.94. The molecule has 0 aromatic carbocycles. The summed E-state index contributed by atoms with van der Waals surface area (Å²) in [5.74, 6) is 0.213. The second-order valence-corrected chi connectivity index (χ2v) is 2.21. The molecule has 0 bridgehead atoms. The Kier molecular flexibility index (Phi) is 3.61. The van der Waals surface area contributed by atoms with Crippen molar-refractivity contribution in [1.82, 2.24) is 5.12 Å². The van der Waals surface area contributed by atoms with Crippen LogP contribution >= 0.6 is 0 Å². The summed E-state index contributed by atoms with van der Waals surface area (Å²) in [5.41, 5.74) is 0. The molecular formula is C6H12FN3. The third-order valence-electron chi connectivity index (χ3n) is 1.01. The molecule has 4 heteroatoms. The molecule has 58 valence electrons. The number of nitrogens with one attached hydrogen (secondary N) is 1. The van der Waals surface area contributed by atoms with Crippen molar-refractivity contribution < 1.29 is 4.48 Å². The molecule has 0 atom stereocenters. The van der Waals surface area contributed by atoms with Crippen LogP contribution < -0.4 is 0 Å². The van der Waals surface area contributed by atoms with Gasteiger partial charge < -0.3 is 0 Å². The number of hydrogen-bond acceptors (Lipinski definition) is 1. The van der Waals surface area contributed by atoms with Gasteiger partial charge in [0.15, 0.2) is 0 Å². The van der Waals surface area contributed by atoms with Crippen LogP contribution in [0.4, 0.5) is 4.48 Å². The predicted molar refractivity (Wildman–Crippen MR) is 40.0 cm³/mol. The van der Waals surface area contributed by atoms with E-state index in [-0.39, 0.29) is 11.9 Å². The van der Waals surface area contributed by atoms with Gasteiger partial charge in [-0.25, -0.2) is 4.99 Å². The number of halogens is 1. The van der Waals surface area contributed by atoms with E-state index in [1.165, 1.54) is 6.92 Å². The van der Waals surface area contributed by atoms with E-state index in [4.69, 9.17) is 5.41 Å². The van der Waals surface area contributed by atoms with Crippen molar-refractivity contribution in [3.63, 3.8) is 0 Å². The molecule has 0 aliphatic carbocycles. The summed E-state index contributed by atoms with van der Waals surface area (Å²) in [4.78, 5) is 3.46. The number of amidine groups is 1. The van der Waals surface area contributed by atoms with Crippen LogP contribution in [0.15, 0.2) is 4.99 Å². The van der Waals surface area contributed by atoms with Gasteiger partial charge in [-0.2, -0.15) is 5.12 Å². The summed E-state index contributed by atoms with van der Waals surface area (Å²) in [6, 6.07) is -0.219. The van der Waals surface area contributed by atoms with Crippen molar-refractivity contribution in [3.8, 4) is 0 Å². The van der Waals surface area contributed by atoms with Crippen molar-refractivity contribution in [1.29, 1.82) is 5.41 Å². The zero-order valence-electron chi connectivity index (χ0n) is 6.43. The Balaban J connectivity index is 4.06. The molecule has 0 aliphatic rings. The normalized spacial score (nSPS) is 11.9. The van der Waals surface area contributed by atoms with Gasteiger partial charge in [-0.05, 0) is 20.8 Å². The maximum atomic E-state index is 12.7. The number of aliphatic imine (C=N–C) groups is 1. The van der Waals surface area contributed by atoms with Gasteiger partial charge in [0.25, 0.3) is 0 Å². The number of nitrogens with zero attached hydrogens (tertiary/aromatic N) is 2. The lowest BCUT2D eigenvalue weighted by Crippen LogP contribution is -2.27. The third kappa shape index (κ3) is 2.57. The molecule has 3 nitrogen and oxygen atoms in total. The molecule has 0 radical (unpaired) electrons. The molecule has 0 heterocycles. The van der Waals surface area contributed by atoms with Crippen molar-refractivity contribution >= 4 is 12.2 Å². The maximum absolute atomic E-state index is 12.7. The van der Waals surface area contributed by atoms with E-state index < -0.39 is 0 Å². The molecule has 0 unspecified atom stereocenters. The van der Waals surface area contributed by atoms with Gasteiger partial charge in [-0.1, -0.05) is 4.48 Å². The number of rotatable bonds is 2. The van der Waals surface area contributed by atoms with Crippen molar-refractivity contribution in [3.05, 3.63) is 0 Å². The highest BCUT2D eigenvalue weighted by molar-refractivity contribution is 5.85. The smallest absolute Gasteiger partial charge is 0.133 e. The number of hydrogen-bond donors (Lipinski definition) is 1. The first-order chi connectivity index (χ1) is 4.59. The fraction of sp³-hybridized carbons (Fsp3) is 0.667. The topological polar surface area (TPSA) is 39.5 Å². The Morgan fingerprint density at radius 2 is 2.20 bits per heavy atom. The quantitative estimate of drug-likeness (QED) is 0.358. The lowest BCUT2D eigenvalue weighted by Gasteiger charge is -2.15. The first-order valence-corrected chi connectivity index (χ1v) is 3.08. The van der Waals surface area contributed by atoms with E-state index in [1.54, 1.807) is 13.8 Å². The van der Waals surface area contributed by atoms with E-state index in [0.29, 0.717) is 5.12 Å². The van der Waals surface area contributed by atoms with Crippen LogP contribution in [0, 0.1) is 5.41 Å². The van der Waals surface area contributed by atoms with Crippen LogP contribution in [-0.2, 0) is 0 Å². The lowest BCUT2D eigenvalue weighted by molar-refractivity contribution is 0.0827. The highest BCUT2D eigenvalue weighted by Gasteiger charge is 2.07. The maximum Gasteiger partial charge on any atom is 0.133 e. The highest BCUT2D eigenvalue weighted by atomic mass is 19.2. The van der Waals surface area contributed by atoms with E-state index in [1.807, 2.05) is 0 Å². The van der Waals surface area contributed by atoms with E-state index in [2.05, 4.69) is 4.99 Å². The largest absolute Gasteiger partial charge is 0.289 e. The average molecular weight is 145 g/mol. The molecule has 0 rings (SSSR count). The van der Waals surface area contributed by atoms with Crippen molar-refractivity contribution in [2.75, 3.05) is 0 Å². The van der Waals surface area contributed by atoms with Crippen LogP contribution in [0.25, 0.3) is 0 Å². The predicted octanol–water partition coefficient (Wildman–Crippen LogP) is 1.61. The molecule has 0 saturated heterocycles. The molecule has 0 aromatic rings. The minimum Gasteiger partial charge on any atom is -0.289 e. The van der Waals surface area contributed by atoms with Crippen LogP contribution in [-0.4, -0.2) is 23.3 Å². The van der Waals surface area contributed by atoms with Gasteiger partial charge in [-0.3, -0.25) is 5.41 Å². The first-order valence-electron chi connectivity index (χ1n) is 3.08. The second-order valence-electron chi connectivity index (χ2n) is 2.21. The second kappa shape index (κ2) is 3.98. The van der Waals surface area contributed by atoms with Crippen LogP contribution in [0.5, 0.6) is 0 Å². The summed E-state index contributed by atoms with van der Waals surface area (Å²) >= 11 is 0. The Bertz CT molecular complexity index is 142. The van der Waals surface area contributed by atoms with Gasteiger partial charge in [0.1, 0.15) is 12.2 Å².